The Balaban J connectivity index is 1.75. The van der Waals surface area contributed by atoms with Crippen molar-refractivity contribution in [1.82, 2.24) is 9.66 Å². The van der Waals surface area contributed by atoms with Gasteiger partial charge in [-0.1, -0.05) is 46.3 Å². The van der Waals surface area contributed by atoms with Crippen molar-refractivity contribution in [2.75, 3.05) is 7.11 Å². The van der Waals surface area contributed by atoms with E-state index in [4.69, 9.17) is 9.47 Å². The Bertz CT molecular complexity index is 1450. The van der Waals surface area contributed by atoms with Gasteiger partial charge in [-0.15, -0.1) is 4.68 Å². The van der Waals surface area contributed by atoms with Gasteiger partial charge in [0.05, 0.1) is 24.2 Å². The van der Waals surface area contributed by atoms with Crippen LogP contribution in [-0.2, 0) is 6.61 Å². The molecule has 0 aliphatic rings. The Labute approximate surface area is 189 Å². The average molecular weight is 498 g/mol. The van der Waals surface area contributed by atoms with E-state index in [1.807, 2.05) is 0 Å². The number of halogens is 2. The normalized spacial score (nSPS) is 11.2. The van der Waals surface area contributed by atoms with Gasteiger partial charge in [0.25, 0.3) is 5.56 Å². The van der Waals surface area contributed by atoms with Gasteiger partial charge < -0.3 is 14.5 Å². The van der Waals surface area contributed by atoms with E-state index in [0.29, 0.717) is 32.3 Å². The van der Waals surface area contributed by atoms with E-state index in [0.717, 1.165) is 4.68 Å². The second kappa shape index (κ2) is 9.19. The quantitative estimate of drug-likeness (QED) is 0.407. The van der Waals surface area contributed by atoms with Crippen LogP contribution in [0.4, 0.5) is 4.39 Å². The topological polar surface area (TPSA) is 85.7 Å². The van der Waals surface area contributed by atoms with Gasteiger partial charge in [0.2, 0.25) is 0 Å². The number of nitrogens with zero attached hydrogens (tertiary/aromatic N) is 2. The van der Waals surface area contributed by atoms with Crippen LogP contribution in [0.1, 0.15) is 11.1 Å². The first-order valence-corrected chi connectivity index (χ1v) is 10.3. The molecule has 0 saturated heterocycles. The van der Waals surface area contributed by atoms with Crippen molar-refractivity contribution in [3.8, 4) is 11.5 Å². The van der Waals surface area contributed by atoms with Gasteiger partial charge in [0, 0.05) is 15.6 Å². The molecule has 0 aliphatic carbocycles. The van der Waals surface area contributed by atoms with Crippen molar-refractivity contribution < 1.29 is 13.9 Å². The maximum Gasteiger partial charge on any atom is 0.349 e. The highest BCUT2D eigenvalue weighted by Crippen LogP contribution is 2.34. The lowest BCUT2D eigenvalue weighted by molar-refractivity contribution is 0.279. The van der Waals surface area contributed by atoms with Crippen LogP contribution in [0.25, 0.3) is 10.9 Å². The zero-order valence-corrected chi connectivity index (χ0v) is 18.4. The molecular weight excluding hydrogens is 481 g/mol. The summed E-state index contributed by atoms with van der Waals surface area (Å²) in [6.07, 6.45) is 1.31. The maximum absolute atomic E-state index is 14.0. The Morgan fingerprint density at radius 1 is 1.12 bits per heavy atom. The molecule has 0 aliphatic heterocycles. The zero-order chi connectivity index (χ0) is 22.7. The zero-order valence-electron chi connectivity index (χ0n) is 16.8. The lowest BCUT2D eigenvalue weighted by Gasteiger charge is -2.14. The molecule has 1 aromatic heterocycles. The number of hydrogen-bond acceptors (Lipinski definition) is 5. The van der Waals surface area contributed by atoms with Gasteiger partial charge in [-0.05, 0) is 30.3 Å². The van der Waals surface area contributed by atoms with Gasteiger partial charge in [-0.25, -0.2) is 9.18 Å². The van der Waals surface area contributed by atoms with Crippen LogP contribution >= 0.6 is 15.9 Å². The summed E-state index contributed by atoms with van der Waals surface area (Å²) in [5.74, 6) is 0.262. The molecule has 0 spiro atoms. The molecule has 1 heterocycles. The van der Waals surface area contributed by atoms with Crippen molar-refractivity contribution in [2.24, 2.45) is 5.10 Å². The molecule has 162 valence electrons. The number of ether oxygens (including phenoxy) is 2. The Morgan fingerprint density at radius 2 is 1.88 bits per heavy atom. The molecule has 0 radical (unpaired) electrons. The van der Waals surface area contributed by atoms with E-state index in [-0.39, 0.29) is 12.4 Å². The van der Waals surface area contributed by atoms with E-state index in [9.17, 15) is 14.0 Å². The molecule has 9 heteroatoms. The molecule has 4 aromatic rings. The average Bonchev–Trinajstić information content (AvgIpc) is 2.78. The first-order valence-electron chi connectivity index (χ1n) is 9.50. The highest BCUT2D eigenvalue weighted by atomic mass is 79.9. The summed E-state index contributed by atoms with van der Waals surface area (Å²) in [4.78, 5) is 27.7. The van der Waals surface area contributed by atoms with E-state index in [2.05, 4.69) is 26.0 Å². The third kappa shape index (κ3) is 4.33. The van der Waals surface area contributed by atoms with Crippen LogP contribution in [0.3, 0.4) is 0 Å². The summed E-state index contributed by atoms with van der Waals surface area (Å²) in [7, 11) is 1.47. The second-order valence-electron chi connectivity index (χ2n) is 6.74. The van der Waals surface area contributed by atoms with Gasteiger partial charge in [-0.3, -0.25) is 4.79 Å². The highest BCUT2D eigenvalue weighted by Gasteiger charge is 2.14. The lowest BCUT2D eigenvalue weighted by atomic mass is 10.2. The van der Waals surface area contributed by atoms with Gasteiger partial charge >= 0.3 is 5.69 Å². The fraction of sp³-hybridized carbons (Fsp3) is 0.0870. The molecule has 4 rings (SSSR count). The third-order valence-corrected chi connectivity index (χ3v) is 5.15. The second-order valence-corrected chi connectivity index (χ2v) is 7.66. The predicted octanol–water partition coefficient (Wildman–Crippen LogP) is 4.06. The standard InChI is InChI=1S/C23H17BrFN3O4/c1-31-20-11-16(24)10-15(21(20)32-13-14-6-2-4-8-18(14)25)12-26-28-22(29)17-7-3-5-9-19(17)27-23(28)30/h2-12H,13H2,1H3,(H,27,30). The Kier molecular flexibility index (Phi) is 6.18. The predicted molar refractivity (Wildman–Crippen MR) is 123 cm³/mol. The number of hydrogen-bond donors (Lipinski definition) is 1. The molecule has 1 N–H and O–H groups in total. The van der Waals surface area contributed by atoms with Gasteiger partial charge in [0.15, 0.2) is 11.5 Å². The van der Waals surface area contributed by atoms with Crippen molar-refractivity contribution in [1.29, 1.82) is 0 Å². The monoisotopic (exact) mass is 497 g/mol. The van der Waals surface area contributed by atoms with Gasteiger partial charge in [-0.2, -0.15) is 5.10 Å². The summed E-state index contributed by atoms with van der Waals surface area (Å²) < 4.78 is 26.6. The van der Waals surface area contributed by atoms with Gasteiger partial charge in [0.1, 0.15) is 12.4 Å². The number of para-hydroxylation sites is 1. The van der Waals surface area contributed by atoms with Crippen molar-refractivity contribution in [3.63, 3.8) is 0 Å². The summed E-state index contributed by atoms with van der Waals surface area (Å²) in [6, 6.07) is 16.3. The maximum atomic E-state index is 14.0. The minimum atomic E-state index is -0.680. The Hall–Kier alpha value is -3.72. The molecule has 0 bridgehead atoms. The number of H-pyrrole nitrogens is 1. The van der Waals surface area contributed by atoms with Crippen LogP contribution in [0, 0.1) is 5.82 Å². The van der Waals surface area contributed by atoms with E-state index in [1.54, 1.807) is 54.6 Å². The minimum Gasteiger partial charge on any atom is -0.493 e. The van der Waals surface area contributed by atoms with Crippen molar-refractivity contribution >= 4 is 33.0 Å². The molecule has 0 fully saturated rings. The Morgan fingerprint density at radius 3 is 2.66 bits per heavy atom. The SMILES string of the molecule is COc1cc(Br)cc(C=Nn2c(=O)[nH]c3ccccc3c2=O)c1OCc1ccccc1F. The third-order valence-electron chi connectivity index (χ3n) is 4.69. The van der Waals surface area contributed by atoms with Crippen LogP contribution in [0.2, 0.25) is 0 Å². The number of aromatic nitrogens is 2. The van der Waals surface area contributed by atoms with Crippen molar-refractivity contribution in [3.05, 3.63) is 103 Å². The summed E-state index contributed by atoms with van der Waals surface area (Å²) in [5.41, 5.74) is -0.0290. The number of rotatable bonds is 6. The fourth-order valence-electron chi connectivity index (χ4n) is 3.13. The molecule has 0 saturated carbocycles. The van der Waals surface area contributed by atoms with Crippen LogP contribution in [0.15, 0.2) is 79.8 Å². The number of nitrogens with one attached hydrogen (secondary N) is 1. The summed E-state index contributed by atoms with van der Waals surface area (Å²) in [5, 5.41) is 4.41. The first kappa shape index (κ1) is 21.5. The van der Waals surface area contributed by atoms with Crippen LogP contribution in [-0.4, -0.2) is 23.0 Å². The molecule has 0 unspecified atom stereocenters. The van der Waals surface area contributed by atoms with Crippen LogP contribution < -0.4 is 20.7 Å². The summed E-state index contributed by atoms with van der Waals surface area (Å²) >= 11 is 3.39. The highest BCUT2D eigenvalue weighted by molar-refractivity contribution is 9.10. The molecule has 0 atom stereocenters. The molecule has 7 nitrogen and oxygen atoms in total. The van der Waals surface area contributed by atoms with E-state index < -0.39 is 17.1 Å². The minimum absolute atomic E-state index is 0.0536. The number of fused-ring (bicyclic) bond motifs is 1. The first-order chi connectivity index (χ1) is 15.5. The molecule has 0 amide bonds. The lowest BCUT2D eigenvalue weighted by Crippen LogP contribution is -2.32. The van der Waals surface area contributed by atoms with E-state index in [1.165, 1.54) is 19.4 Å². The number of methoxy groups -OCH3 is 1. The number of aromatic amines is 1. The fourth-order valence-corrected chi connectivity index (χ4v) is 3.59. The summed E-state index contributed by atoms with van der Waals surface area (Å²) in [6.45, 7) is -0.0536. The van der Waals surface area contributed by atoms with Crippen LogP contribution in [0.5, 0.6) is 11.5 Å². The van der Waals surface area contributed by atoms with Crippen molar-refractivity contribution in [2.45, 2.75) is 6.61 Å². The van der Waals surface area contributed by atoms with E-state index >= 15 is 0 Å². The number of benzene rings is 3. The molecule has 3 aromatic carbocycles. The smallest absolute Gasteiger partial charge is 0.349 e. The molecular formula is C23H17BrFN3O4. The largest absolute Gasteiger partial charge is 0.493 e. The molecule has 32 heavy (non-hydrogen) atoms.